The molecule has 1 N–H and O–H groups in total. The van der Waals surface area contributed by atoms with Gasteiger partial charge in [0.1, 0.15) is 5.82 Å². The van der Waals surface area contributed by atoms with Gasteiger partial charge >= 0.3 is 0 Å². The van der Waals surface area contributed by atoms with Crippen molar-refractivity contribution in [2.24, 2.45) is 5.92 Å². The van der Waals surface area contributed by atoms with Crippen LogP contribution in [0.4, 0.5) is 5.82 Å². The third kappa shape index (κ3) is 4.79. The highest BCUT2D eigenvalue weighted by Gasteiger charge is 2.23. The summed E-state index contributed by atoms with van der Waals surface area (Å²) >= 11 is 0. The van der Waals surface area contributed by atoms with Crippen LogP contribution in [0.3, 0.4) is 0 Å². The first-order valence-corrected chi connectivity index (χ1v) is 10.2. The van der Waals surface area contributed by atoms with Gasteiger partial charge in [0.05, 0.1) is 0 Å². The number of fused-ring (bicyclic) bond motifs is 1. The Labute approximate surface area is 171 Å². The molecule has 0 spiro atoms. The first kappa shape index (κ1) is 19.5. The van der Waals surface area contributed by atoms with Gasteiger partial charge in [0.15, 0.2) is 11.5 Å². The minimum absolute atomic E-state index is 0.0720. The maximum Gasteiger partial charge on any atom is 0.254 e. The van der Waals surface area contributed by atoms with Crippen molar-refractivity contribution in [1.82, 2.24) is 14.8 Å². The molecule has 4 rings (SSSR count). The van der Waals surface area contributed by atoms with E-state index in [2.05, 4.69) is 35.1 Å². The number of amides is 1. The fourth-order valence-corrected chi connectivity index (χ4v) is 3.56. The van der Waals surface area contributed by atoms with E-state index in [-0.39, 0.29) is 5.91 Å². The lowest BCUT2D eigenvalue weighted by Crippen LogP contribution is -2.48. The third-order valence-corrected chi connectivity index (χ3v) is 5.20. The fraction of sp³-hybridized carbons (Fsp3) is 0.455. The van der Waals surface area contributed by atoms with E-state index in [9.17, 15) is 4.79 Å². The Hall–Kier alpha value is -2.80. The van der Waals surface area contributed by atoms with Gasteiger partial charge < -0.3 is 19.7 Å². The van der Waals surface area contributed by atoms with Crippen LogP contribution in [0.15, 0.2) is 36.5 Å². The average Bonchev–Trinajstić information content (AvgIpc) is 3.20. The second-order valence-corrected chi connectivity index (χ2v) is 7.96. The highest BCUT2D eigenvalue weighted by Crippen LogP contribution is 2.32. The normalized spacial score (nSPS) is 16.3. The summed E-state index contributed by atoms with van der Waals surface area (Å²) < 4.78 is 10.8. The van der Waals surface area contributed by atoms with Crippen LogP contribution in [0.1, 0.15) is 29.8 Å². The number of benzene rings is 1. The lowest BCUT2D eigenvalue weighted by atomic mass is 10.1. The van der Waals surface area contributed by atoms with Crippen molar-refractivity contribution in [2.45, 2.75) is 20.4 Å². The molecule has 7 nitrogen and oxygen atoms in total. The molecule has 1 aromatic carbocycles. The highest BCUT2D eigenvalue weighted by atomic mass is 16.7. The van der Waals surface area contributed by atoms with Crippen molar-refractivity contribution >= 4 is 11.7 Å². The average molecular weight is 396 g/mol. The first-order valence-electron chi connectivity index (χ1n) is 10.2. The molecule has 2 aliphatic rings. The van der Waals surface area contributed by atoms with Gasteiger partial charge in [0.25, 0.3) is 5.91 Å². The first-order chi connectivity index (χ1) is 14.1. The zero-order valence-corrected chi connectivity index (χ0v) is 17.1. The number of nitrogens with zero attached hydrogens (tertiary/aromatic N) is 3. The number of hydrogen-bond donors (Lipinski definition) is 1. The van der Waals surface area contributed by atoms with Crippen LogP contribution in [-0.4, -0.2) is 60.2 Å². The van der Waals surface area contributed by atoms with Gasteiger partial charge in [-0.1, -0.05) is 19.9 Å². The van der Waals surface area contributed by atoms with Gasteiger partial charge in [-0.25, -0.2) is 4.98 Å². The van der Waals surface area contributed by atoms with Crippen LogP contribution in [0.2, 0.25) is 0 Å². The molecule has 154 valence electrons. The van der Waals surface area contributed by atoms with Gasteiger partial charge in [-0.3, -0.25) is 9.69 Å². The molecule has 1 fully saturated rings. The van der Waals surface area contributed by atoms with E-state index in [0.29, 0.717) is 18.3 Å². The number of rotatable bonds is 6. The molecule has 1 saturated heterocycles. The number of nitrogens with one attached hydrogen (secondary N) is 1. The van der Waals surface area contributed by atoms with Crippen molar-refractivity contribution in [3.05, 3.63) is 47.7 Å². The molecule has 2 aromatic rings. The summed E-state index contributed by atoms with van der Waals surface area (Å²) in [5.74, 6) is 2.97. The number of ether oxygens (including phenoxy) is 2. The van der Waals surface area contributed by atoms with Crippen LogP contribution in [0.5, 0.6) is 11.5 Å². The molecule has 29 heavy (non-hydrogen) atoms. The predicted molar refractivity (Wildman–Crippen MR) is 111 cm³/mol. The van der Waals surface area contributed by atoms with E-state index in [1.54, 1.807) is 12.3 Å². The number of anilines is 1. The number of piperazine rings is 1. The van der Waals surface area contributed by atoms with E-state index in [4.69, 9.17) is 9.47 Å². The van der Waals surface area contributed by atoms with E-state index in [1.165, 1.54) is 5.56 Å². The summed E-state index contributed by atoms with van der Waals surface area (Å²) in [4.78, 5) is 21.5. The lowest BCUT2D eigenvalue weighted by Gasteiger charge is -2.34. The van der Waals surface area contributed by atoms with E-state index in [1.807, 2.05) is 23.1 Å². The van der Waals surface area contributed by atoms with Crippen LogP contribution in [0, 0.1) is 5.92 Å². The summed E-state index contributed by atoms with van der Waals surface area (Å²) in [7, 11) is 0. The quantitative estimate of drug-likeness (QED) is 0.810. The van der Waals surface area contributed by atoms with Gasteiger partial charge in [-0.2, -0.15) is 0 Å². The molecule has 0 aliphatic carbocycles. The van der Waals surface area contributed by atoms with Crippen molar-refractivity contribution < 1.29 is 14.3 Å². The van der Waals surface area contributed by atoms with Crippen molar-refractivity contribution in [1.29, 1.82) is 0 Å². The predicted octanol–water partition coefficient (Wildman–Crippen LogP) is 2.84. The van der Waals surface area contributed by atoms with Crippen molar-refractivity contribution in [2.75, 3.05) is 44.8 Å². The zero-order valence-electron chi connectivity index (χ0n) is 17.1. The fourth-order valence-electron chi connectivity index (χ4n) is 3.56. The summed E-state index contributed by atoms with van der Waals surface area (Å²) in [6, 6.07) is 9.73. The second kappa shape index (κ2) is 8.69. The van der Waals surface area contributed by atoms with Gasteiger partial charge in [-0.15, -0.1) is 0 Å². The Morgan fingerprint density at radius 1 is 1.10 bits per heavy atom. The number of carbonyl (C=O) groups excluding carboxylic acids is 1. The molecule has 0 unspecified atom stereocenters. The van der Waals surface area contributed by atoms with Crippen LogP contribution in [0.25, 0.3) is 0 Å². The summed E-state index contributed by atoms with van der Waals surface area (Å²) in [6.07, 6.45) is 1.70. The number of hydrogen-bond acceptors (Lipinski definition) is 6. The molecular weight excluding hydrogens is 368 g/mol. The molecular formula is C22H28N4O3. The van der Waals surface area contributed by atoms with Gasteiger partial charge in [-0.05, 0) is 35.7 Å². The Bertz CT molecular complexity index is 863. The topological polar surface area (TPSA) is 66.9 Å². The van der Waals surface area contributed by atoms with Gasteiger partial charge in [0, 0.05) is 51.0 Å². The van der Waals surface area contributed by atoms with Crippen molar-refractivity contribution in [3.63, 3.8) is 0 Å². The minimum Gasteiger partial charge on any atom is -0.454 e. The minimum atomic E-state index is 0.0720. The third-order valence-electron chi connectivity index (χ3n) is 5.20. The Balaban J connectivity index is 1.31. The zero-order chi connectivity index (χ0) is 20.2. The summed E-state index contributed by atoms with van der Waals surface area (Å²) in [6.45, 7) is 9.41. The molecule has 3 heterocycles. The second-order valence-electron chi connectivity index (χ2n) is 7.96. The maximum absolute atomic E-state index is 12.9. The molecule has 0 bridgehead atoms. The highest BCUT2D eigenvalue weighted by molar-refractivity contribution is 5.94. The Kier molecular flexibility index (Phi) is 5.85. The number of pyridine rings is 1. The summed E-state index contributed by atoms with van der Waals surface area (Å²) in [5.41, 5.74) is 1.89. The van der Waals surface area contributed by atoms with Crippen LogP contribution < -0.4 is 14.8 Å². The molecule has 0 saturated carbocycles. The van der Waals surface area contributed by atoms with E-state index in [0.717, 1.165) is 56.6 Å². The molecule has 0 radical (unpaired) electrons. The smallest absolute Gasteiger partial charge is 0.254 e. The van der Waals surface area contributed by atoms with Crippen LogP contribution >= 0.6 is 0 Å². The molecule has 7 heteroatoms. The standard InChI is InChI=1S/C22H28N4O3/c1-16(2)13-24-21-12-18(5-6-23-21)22(27)26-9-7-25(8-10-26)14-17-3-4-19-20(11-17)29-15-28-19/h3-6,11-12,16H,7-10,13-15H2,1-2H3,(H,23,24). The molecule has 0 atom stereocenters. The molecule has 1 amide bonds. The maximum atomic E-state index is 12.9. The monoisotopic (exact) mass is 396 g/mol. The van der Waals surface area contributed by atoms with Crippen LogP contribution in [-0.2, 0) is 6.54 Å². The SMILES string of the molecule is CC(C)CNc1cc(C(=O)N2CCN(Cc3ccc4c(c3)OCO4)CC2)ccn1. The van der Waals surface area contributed by atoms with Gasteiger partial charge in [0.2, 0.25) is 6.79 Å². The summed E-state index contributed by atoms with van der Waals surface area (Å²) in [5, 5.41) is 3.29. The lowest BCUT2D eigenvalue weighted by molar-refractivity contribution is 0.0628. The van der Waals surface area contributed by atoms with E-state index >= 15 is 0 Å². The Morgan fingerprint density at radius 2 is 1.90 bits per heavy atom. The molecule has 1 aromatic heterocycles. The Morgan fingerprint density at radius 3 is 2.69 bits per heavy atom. The number of carbonyl (C=O) groups is 1. The van der Waals surface area contributed by atoms with Crippen molar-refractivity contribution in [3.8, 4) is 11.5 Å². The number of aromatic nitrogens is 1. The largest absolute Gasteiger partial charge is 0.454 e. The molecule has 2 aliphatic heterocycles. The van der Waals surface area contributed by atoms with E-state index < -0.39 is 0 Å².